The lowest BCUT2D eigenvalue weighted by atomic mass is 10.0. The molecule has 2 nitrogen and oxygen atoms in total. The van der Waals surface area contributed by atoms with E-state index in [0.29, 0.717) is 0 Å². The van der Waals surface area contributed by atoms with Gasteiger partial charge in [0.2, 0.25) is 0 Å². The Bertz CT molecular complexity index is 510. The van der Waals surface area contributed by atoms with Gasteiger partial charge in [0, 0.05) is 23.5 Å². The van der Waals surface area contributed by atoms with Crippen LogP contribution < -0.4 is 4.57 Å². The highest BCUT2D eigenvalue weighted by molar-refractivity contribution is 5.42. The molecule has 0 saturated heterocycles. The van der Waals surface area contributed by atoms with Gasteiger partial charge in [0.15, 0.2) is 18.9 Å². The Morgan fingerprint density at radius 1 is 1.00 bits per heavy atom. The second-order valence-electron chi connectivity index (χ2n) is 5.29. The van der Waals surface area contributed by atoms with Crippen molar-refractivity contribution in [1.29, 1.82) is 0 Å². The van der Waals surface area contributed by atoms with Gasteiger partial charge in [0.25, 0.3) is 0 Å². The number of nitrogens with zero attached hydrogens (tertiary/aromatic N) is 2. The summed E-state index contributed by atoms with van der Waals surface area (Å²) in [7, 11) is 0. The smallest absolute Gasteiger partial charge is 0.168 e. The van der Waals surface area contributed by atoms with E-state index in [0.717, 1.165) is 13.1 Å². The van der Waals surface area contributed by atoms with Gasteiger partial charge in [-0.2, -0.15) is 0 Å². The van der Waals surface area contributed by atoms with Gasteiger partial charge in [0.05, 0.1) is 6.54 Å². The largest absolute Gasteiger partial charge is 0.343 e. The molecule has 1 aromatic rings. The molecule has 1 aliphatic rings. The zero-order valence-electron chi connectivity index (χ0n) is 12.4. The zero-order valence-corrected chi connectivity index (χ0v) is 12.4. The third-order valence-corrected chi connectivity index (χ3v) is 3.52. The predicted octanol–water partition coefficient (Wildman–Crippen LogP) is 3.43. The first kappa shape index (κ1) is 13.6. The van der Waals surface area contributed by atoms with Crippen LogP contribution in [0.5, 0.6) is 0 Å². The SMILES string of the molecule is CC1=CC(=C(C)C)C=C(C)N1CC[n+]1ccccc1. The molecule has 100 valence electrons. The maximum atomic E-state index is 2.38. The van der Waals surface area contributed by atoms with Gasteiger partial charge in [-0.05, 0) is 45.4 Å². The summed E-state index contributed by atoms with van der Waals surface area (Å²) < 4.78 is 2.22. The van der Waals surface area contributed by atoms with Gasteiger partial charge in [-0.25, -0.2) is 4.57 Å². The van der Waals surface area contributed by atoms with E-state index in [1.807, 2.05) is 0 Å². The van der Waals surface area contributed by atoms with E-state index in [-0.39, 0.29) is 0 Å². The normalized spacial score (nSPS) is 15.2. The van der Waals surface area contributed by atoms with Crippen LogP contribution in [0.1, 0.15) is 27.7 Å². The van der Waals surface area contributed by atoms with E-state index < -0.39 is 0 Å². The minimum Gasteiger partial charge on any atom is -0.343 e. The van der Waals surface area contributed by atoms with Crippen molar-refractivity contribution < 1.29 is 4.57 Å². The van der Waals surface area contributed by atoms with Crippen molar-refractivity contribution in [2.75, 3.05) is 6.54 Å². The second-order valence-corrected chi connectivity index (χ2v) is 5.29. The van der Waals surface area contributed by atoms with E-state index >= 15 is 0 Å². The molecule has 19 heavy (non-hydrogen) atoms. The summed E-state index contributed by atoms with van der Waals surface area (Å²) in [6, 6.07) is 6.20. The zero-order chi connectivity index (χ0) is 13.8. The van der Waals surface area contributed by atoms with Gasteiger partial charge < -0.3 is 4.90 Å². The number of rotatable bonds is 3. The van der Waals surface area contributed by atoms with Crippen LogP contribution in [0.15, 0.2) is 65.3 Å². The summed E-state index contributed by atoms with van der Waals surface area (Å²) >= 11 is 0. The average molecular weight is 255 g/mol. The topological polar surface area (TPSA) is 7.12 Å². The van der Waals surface area contributed by atoms with Crippen LogP contribution in [0.4, 0.5) is 0 Å². The molecule has 0 aromatic carbocycles. The molecule has 2 rings (SSSR count). The summed E-state index contributed by atoms with van der Waals surface area (Å²) in [5.41, 5.74) is 5.37. The van der Waals surface area contributed by atoms with Crippen LogP contribution in [0, 0.1) is 0 Å². The molecule has 0 amide bonds. The Morgan fingerprint density at radius 3 is 2.11 bits per heavy atom. The van der Waals surface area contributed by atoms with Crippen LogP contribution in [0.3, 0.4) is 0 Å². The van der Waals surface area contributed by atoms with E-state index in [4.69, 9.17) is 0 Å². The molecule has 0 spiro atoms. The molecule has 2 heterocycles. The molecule has 0 unspecified atom stereocenters. The van der Waals surface area contributed by atoms with Gasteiger partial charge in [-0.1, -0.05) is 11.6 Å². The Hall–Kier alpha value is -1.83. The second kappa shape index (κ2) is 5.87. The molecule has 1 aromatic heterocycles. The Kier molecular flexibility index (Phi) is 4.20. The van der Waals surface area contributed by atoms with Crippen molar-refractivity contribution in [3.05, 3.63) is 65.3 Å². The lowest BCUT2D eigenvalue weighted by Crippen LogP contribution is -2.39. The van der Waals surface area contributed by atoms with Crippen LogP contribution in [-0.2, 0) is 6.54 Å². The minimum absolute atomic E-state index is 1.00. The fraction of sp³-hybridized carbons (Fsp3) is 0.353. The number of aromatic nitrogens is 1. The molecule has 0 aliphatic carbocycles. The average Bonchev–Trinajstić information content (AvgIpc) is 2.38. The molecule has 0 bridgehead atoms. The highest BCUT2D eigenvalue weighted by Crippen LogP contribution is 2.23. The summed E-state index contributed by atoms with van der Waals surface area (Å²) in [5, 5.41) is 0. The van der Waals surface area contributed by atoms with Gasteiger partial charge >= 0.3 is 0 Å². The summed E-state index contributed by atoms with van der Waals surface area (Å²) in [6.45, 7) is 10.7. The van der Waals surface area contributed by atoms with Crippen molar-refractivity contribution in [3.8, 4) is 0 Å². The number of pyridine rings is 1. The number of hydrogen-bond acceptors (Lipinski definition) is 1. The Labute approximate surface area is 116 Å². The quantitative estimate of drug-likeness (QED) is 0.751. The fourth-order valence-electron chi connectivity index (χ4n) is 2.37. The number of hydrogen-bond donors (Lipinski definition) is 0. The molecular formula is C17H23N2+. The van der Waals surface area contributed by atoms with E-state index in [1.54, 1.807) is 0 Å². The third kappa shape index (κ3) is 3.34. The van der Waals surface area contributed by atoms with E-state index in [1.165, 1.54) is 22.5 Å². The van der Waals surface area contributed by atoms with Gasteiger partial charge in [-0.3, -0.25) is 0 Å². The first-order chi connectivity index (χ1) is 9.08. The highest BCUT2D eigenvalue weighted by atomic mass is 15.2. The fourth-order valence-corrected chi connectivity index (χ4v) is 2.37. The van der Waals surface area contributed by atoms with E-state index in [2.05, 4.69) is 79.9 Å². The summed E-state index contributed by atoms with van der Waals surface area (Å²) in [4.78, 5) is 2.38. The van der Waals surface area contributed by atoms with Crippen molar-refractivity contribution >= 4 is 0 Å². The van der Waals surface area contributed by atoms with Crippen LogP contribution >= 0.6 is 0 Å². The monoisotopic (exact) mass is 255 g/mol. The maximum absolute atomic E-state index is 2.38. The molecular weight excluding hydrogens is 232 g/mol. The molecule has 1 aliphatic heterocycles. The van der Waals surface area contributed by atoms with Crippen molar-refractivity contribution in [1.82, 2.24) is 4.90 Å². The third-order valence-electron chi connectivity index (χ3n) is 3.52. The van der Waals surface area contributed by atoms with Crippen LogP contribution in [0.2, 0.25) is 0 Å². The highest BCUT2D eigenvalue weighted by Gasteiger charge is 2.15. The lowest BCUT2D eigenvalue weighted by molar-refractivity contribution is -0.696. The number of allylic oxidation sites excluding steroid dienone is 6. The summed E-state index contributed by atoms with van der Waals surface area (Å²) in [5.74, 6) is 0. The molecule has 0 radical (unpaired) electrons. The van der Waals surface area contributed by atoms with Crippen molar-refractivity contribution in [2.45, 2.75) is 34.2 Å². The van der Waals surface area contributed by atoms with Crippen molar-refractivity contribution in [2.24, 2.45) is 0 Å². The molecule has 2 heteroatoms. The molecule has 0 N–H and O–H groups in total. The van der Waals surface area contributed by atoms with Gasteiger partial charge in [-0.15, -0.1) is 0 Å². The lowest BCUT2D eigenvalue weighted by Gasteiger charge is -2.29. The van der Waals surface area contributed by atoms with Crippen LogP contribution in [-0.4, -0.2) is 11.4 Å². The molecule has 0 saturated carbocycles. The Balaban J connectivity index is 2.08. The molecule has 0 fully saturated rings. The maximum Gasteiger partial charge on any atom is 0.168 e. The standard InChI is InChI=1S/C17H23N2/c1-14(2)17-12-15(3)19(16(4)13-17)11-10-18-8-6-5-7-9-18/h5-9,12-13H,10-11H2,1-4H3/q+1. The van der Waals surface area contributed by atoms with Crippen molar-refractivity contribution in [3.63, 3.8) is 0 Å². The Morgan fingerprint density at radius 2 is 1.58 bits per heavy atom. The van der Waals surface area contributed by atoms with Gasteiger partial charge in [0.1, 0.15) is 0 Å². The van der Waals surface area contributed by atoms with E-state index in [9.17, 15) is 0 Å². The van der Waals surface area contributed by atoms with Crippen LogP contribution in [0.25, 0.3) is 0 Å². The minimum atomic E-state index is 1.00. The predicted molar refractivity (Wildman–Crippen MR) is 79.2 cm³/mol. The first-order valence-corrected chi connectivity index (χ1v) is 6.83. The molecule has 0 atom stereocenters. The first-order valence-electron chi connectivity index (χ1n) is 6.83. The summed E-state index contributed by atoms with van der Waals surface area (Å²) in [6.07, 6.45) is 8.78.